The molecule has 0 amide bonds. The van der Waals surface area contributed by atoms with Crippen molar-refractivity contribution in [1.82, 2.24) is 4.57 Å². The SMILES string of the molecule is C1=NCCCN1c1ccc2c3ccccc3n(CC3CCCCC3)c2c1. The van der Waals surface area contributed by atoms with Gasteiger partial charge in [-0.25, -0.2) is 0 Å². The third-order valence-electron chi connectivity index (χ3n) is 6.16. The molecule has 3 nitrogen and oxygen atoms in total. The minimum absolute atomic E-state index is 0.822. The fourth-order valence-corrected chi connectivity index (χ4v) is 4.78. The van der Waals surface area contributed by atoms with E-state index in [-0.39, 0.29) is 0 Å². The maximum atomic E-state index is 4.47. The van der Waals surface area contributed by atoms with E-state index >= 15 is 0 Å². The summed E-state index contributed by atoms with van der Waals surface area (Å²) in [7, 11) is 0. The summed E-state index contributed by atoms with van der Waals surface area (Å²) in [6.07, 6.45) is 10.1. The van der Waals surface area contributed by atoms with Crippen LogP contribution >= 0.6 is 0 Å². The molecule has 3 heteroatoms. The van der Waals surface area contributed by atoms with Crippen molar-refractivity contribution < 1.29 is 0 Å². The van der Waals surface area contributed by atoms with Crippen molar-refractivity contribution in [2.45, 2.75) is 45.1 Å². The van der Waals surface area contributed by atoms with E-state index in [1.54, 1.807) is 0 Å². The van der Waals surface area contributed by atoms with Gasteiger partial charge in [0.25, 0.3) is 0 Å². The number of hydrogen-bond donors (Lipinski definition) is 0. The summed E-state index contributed by atoms with van der Waals surface area (Å²) in [5, 5.41) is 2.77. The van der Waals surface area contributed by atoms with Crippen LogP contribution in [0.2, 0.25) is 0 Å². The van der Waals surface area contributed by atoms with Crippen molar-refractivity contribution in [3.63, 3.8) is 0 Å². The lowest BCUT2D eigenvalue weighted by molar-refractivity contribution is 0.325. The van der Waals surface area contributed by atoms with Crippen LogP contribution in [-0.4, -0.2) is 24.0 Å². The third-order valence-corrected chi connectivity index (χ3v) is 6.16. The number of aliphatic imine (C=N–C) groups is 1. The summed E-state index contributed by atoms with van der Waals surface area (Å²) < 4.78 is 2.59. The van der Waals surface area contributed by atoms with Crippen LogP contribution < -0.4 is 4.90 Å². The predicted octanol–water partition coefficient (Wildman–Crippen LogP) is 5.61. The van der Waals surface area contributed by atoms with E-state index in [9.17, 15) is 0 Å². The van der Waals surface area contributed by atoms with Crippen molar-refractivity contribution in [2.24, 2.45) is 10.9 Å². The van der Waals surface area contributed by atoms with Crippen LogP contribution in [0.25, 0.3) is 21.8 Å². The van der Waals surface area contributed by atoms with Gasteiger partial charge in [-0.05, 0) is 43.4 Å². The van der Waals surface area contributed by atoms with Crippen LogP contribution in [0.3, 0.4) is 0 Å². The molecular formula is C23H27N3. The molecule has 5 rings (SSSR count). The minimum Gasteiger partial charge on any atom is -0.340 e. The summed E-state index contributed by atoms with van der Waals surface area (Å²) in [4.78, 5) is 6.77. The number of rotatable bonds is 3. The Balaban J connectivity index is 1.63. The average molecular weight is 345 g/mol. The van der Waals surface area contributed by atoms with Crippen molar-refractivity contribution in [3.05, 3.63) is 42.5 Å². The maximum absolute atomic E-state index is 4.47. The molecule has 0 spiro atoms. The minimum atomic E-state index is 0.822. The molecule has 1 aromatic heterocycles. The monoisotopic (exact) mass is 345 g/mol. The fraction of sp³-hybridized carbons (Fsp3) is 0.435. The highest BCUT2D eigenvalue weighted by Crippen LogP contribution is 2.34. The fourth-order valence-electron chi connectivity index (χ4n) is 4.78. The lowest BCUT2D eigenvalue weighted by atomic mass is 9.89. The Morgan fingerprint density at radius 3 is 2.58 bits per heavy atom. The van der Waals surface area contributed by atoms with Gasteiger partial charge in [0.1, 0.15) is 0 Å². The molecule has 2 aromatic carbocycles. The highest BCUT2D eigenvalue weighted by Gasteiger charge is 2.18. The highest BCUT2D eigenvalue weighted by molar-refractivity contribution is 6.09. The number of nitrogens with zero attached hydrogens (tertiary/aromatic N) is 3. The first-order chi connectivity index (χ1) is 12.9. The number of para-hydroxylation sites is 1. The molecule has 2 heterocycles. The van der Waals surface area contributed by atoms with E-state index in [0.29, 0.717) is 0 Å². The molecule has 0 unspecified atom stereocenters. The van der Waals surface area contributed by atoms with Gasteiger partial charge in [-0.1, -0.05) is 43.5 Å². The zero-order valence-electron chi connectivity index (χ0n) is 15.4. The summed E-state index contributed by atoms with van der Waals surface area (Å²) in [6.45, 7) is 3.18. The Labute approximate surface area is 155 Å². The van der Waals surface area contributed by atoms with Crippen LogP contribution in [0.4, 0.5) is 5.69 Å². The predicted molar refractivity (Wildman–Crippen MR) is 111 cm³/mol. The van der Waals surface area contributed by atoms with Gasteiger partial charge < -0.3 is 9.47 Å². The van der Waals surface area contributed by atoms with Crippen LogP contribution in [0, 0.1) is 5.92 Å². The summed E-state index contributed by atoms with van der Waals surface area (Å²) in [5.41, 5.74) is 4.04. The lowest BCUT2D eigenvalue weighted by Crippen LogP contribution is -2.26. The topological polar surface area (TPSA) is 20.5 Å². The zero-order chi connectivity index (χ0) is 17.3. The second-order valence-electron chi connectivity index (χ2n) is 7.90. The van der Waals surface area contributed by atoms with E-state index < -0.39 is 0 Å². The normalized spacial score (nSPS) is 18.8. The van der Waals surface area contributed by atoms with E-state index in [1.807, 2.05) is 6.34 Å². The van der Waals surface area contributed by atoms with Gasteiger partial charge in [-0.15, -0.1) is 0 Å². The number of fused-ring (bicyclic) bond motifs is 3. The Kier molecular flexibility index (Phi) is 4.16. The molecule has 2 aliphatic rings. The smallest absolute Gasteiger partial charge is 0.0894 e. The molecular weight excluding hydrogens is 318 g/mol. The molecule has 1 fully saturated rings. The second kappa shape index (κ2) is 6.79. The first kappa shape index (κ1) is 15.9. The number of anilines is 1. The third kappa shape index (κ3) is 2.80. The van der Waals surface area contributed by atoms with Gasteiger partial charge >= 0.3 is 0 Å². The maximum Gasteiger partial charge on any atom is 0.0894 e. The van der Waals surface area contributed by atoms with Crippen molar-refractivity contribution in [1.29, 1.82) is 0 Å². The average Bonchev–Trinajstić information content (AvgIpc) is 3.03. The molecule has 0 N–H and O–H groups in total. The standard InChI is InChI=1S/C23H27N3/c1-2-7-18(8-3-1)16-26-22-10-5-4-9-20(22)21-12-11-19(15-23(21)26)25-14-6-13-24-17-25/h4-5,9-12,15,17-18H,1-3,6-8,13-14,16H2. The highest BCUT2D eigenvalue weighted by atomic mass is 15.2. The van der Waals surface area contributed by atoms with Crippen LogP contribution in [0.1, 0.15) is 38.5 Å². The van der Waals surface area contributed by atoms with E-state index in [1.165, 1.54) is 59.6 Å². The quantitative estimate of drug-likeness (QED) is 0.604. The Hall–Kier alpha value is -2.29. The van der Waals surface area contributed by atoms with E-state index in [0.717, 1.165) is 32.0 Å². The van der Waals surface area contributed by atoms with Crippen LogP contribution in [0.5, 0.6) is 0 Å². The molecule has 3 aromatic rings. The molecule has 1 aliphatic carbocycles. The van der Waals surface area contributed by atoms with Gasteiger partial charge in [-0.2, -0.15) is 0 Å². The molecule has 26 heavy (non-hydrogen) atoms. The largest absolute Gasteiger partial charge is 0.340 e. The van der Waals surface area contributed by atoms with Crippen molar-refractivity contribution in [2.75, 3.05) is 18.0 Å². The summed E-state index contributed by atoms with van der Waals surface area (Å²) >= 11 is 0. The van der Waals surface area contributed by atoms with Gasteiger partial charge in [0.05, 0.1) is 11.9 Å². The molecule has 134 valence electrons. The van der Waals surface area contributed by atoms with E-state index in [2.05, 4.69) is 56.9 Å². The van der Waals surface area contributed by atoms with Gasteiger partial charge in [-0.3, -0.25) is 4.99 Å². The summed E-state index contributed by atoms with van der Waals surface area (Å²) in [5.74, 6) is 0.822. The van der Waals surface area contributed by atoms with Crippen LogP contribution in [0.15, 0.2) is 47.5 Å². The second-order valence-corrected chi connectivity index (χ2v) is 7.90. The van der Waals surface area contributed by atoms with Gasteiger partial charge in [0.2, 0.25) is 0 Å². The molecule has 1 aliphatic heterocycles. The molecule has 0 atom stereocenters. The first-order valence-corrected chi connectivity index (χ1v) is 10.2. The number of hydrogen-bond acceptors (Lipinski definition) is 2. The lowest BCUT2D eigenvalue weighted by Gasteiger charge is -2.24. The Morgan fingerprint density at radius 2 is 1.73 bits per heavy atom. The van der Waals surface area contributed by atoms with Crippen molar-refractivity contribution in [3.8, 4) is 0 Å². The number of benzene rings is 2. The first-order valence-electron chi connectivity index (χ1n) is 10.2. The Morgan fingerprint density at radius 1 is 0.885 bits per heavy atom. The molecule has 0 radical (unpaired) electrons. The molecule has 0 saturated heterocycles. The van der Waals surface area contributed by atoms with Gasteiger partial charge in [0, 0.05) is 41.6 Å². The summed E-state index contributed by atoms with van der Waals surface area (Å²) in [6, 6.07) is 15.9. The number of aromatic nitrogens is 1. The Bertz CT molecular complexity index is 947. The molecule has 0 bridgehead atoms. The molecule has 1 saturated carbocycles. The van der Waals surface area contributed by atoms with Crippen molar-refractivity contribution >= 4 is 33.8 Å². The van der Waals surface area contributed by atoms with E-state index in [4.69, 9.17) is 0 Å². The zero-order valence-corrected chi connectivity index (χ0v) is 15.4. The van der Waals surface area contributed by atoms with Crippen LogP contribution in [-0.2, 0) is 6.54 Å². The van der Waals surface area contributed by atoms with Gasteiger partial charge in [0.15, 0.2) is 0 Å².